The van der Waals surface area contributed by atoms with Crippen molar-refractivity contribution in [2.75, 3.05) is 5.32 Å². The fourth-order valence-electron chi connectivity index (χ4n) is 2.79. The third-order valence-electron chi connectivity index (χ3n) is 4.05. The second-order valence-electron chi connectivity index (χ2n) is 6.13. The molecule has 1 atom stereocenters. The van der Waals surface area contributed by atoms with Gasteiger partial charge in [0.05, 0.1) is 10.8 Å². The topological polar surface area (TPSA) is 98.2 Å². The molecular weight excluding hydrogens is 364 g/mol. The van der Waals surface area contributed by atoms with E-state index < -0.39 is 0 Å². The van der Waals surface area contributed by atoms with Gasteiger partial charge >= 0.3 is 0 Å². The summed E-state index contributed by atoms with van der Waals surface area (Å²) in [6.07, 6.45) is 0.622. The maximum Gasteiger partial charge on any atom is 0.239 e. The average Bonchev–Trinajstić information content (AvgIpc) is 3.24. The lowest BCUT2D eigenvalue weighted by Crippen LogP contribution is -2.25. The predicted octanol–water partition coefficient (Wildman–Crippen LogP) is 3.39. The Labute approximate surface area is 159 Å². The molecule has 0 aliphatic rings. The van der Waals surface area contributed by atoms with Gasteiger partial charge in [0, 0.05) is 11.5 Å². The summed E-state index contributed by atoms with van der Waals surface area (Å²) in [7, 11) is 0. The second-order valence-corrected chi connectivity index (χ2v) is 7.30. The molecule has 0 saturated carbocycles. The summed E-state index contributed by atoms with van der Waals surface area (Å²) >= 11 is 1.36. The maximum atomic E-state index is 12.7. The first-order valence-electron chi connectivity index (χ1n) is 8.58. The van der Waals surface area contributed by atoms with E-state index in [4.69, 9.17) is 9.51 Å². The third-order valence-corrected chi connectivity index (χ3v) is 5.35. The van der Waals surface area contributed by atoms with E-state index in [0.29, 0.717) is 29.0 Å². The predicted molar refractivity (Wildman–Crippen MR) is 103 cm³/mol. The number of thioether (sulfide) groups is 1. The number of rotatable bonds is 5. The molecule has 1 amide bonds. The SMILES string of the molecule is CCC(Sc1nc2ccccc2c2nc(C)nn12)C(=O)Nc1cc(C)on1. The van der Waals surface area contributed by atoms with Crippen molar-refractivity contribution in [1.29, 1.82) is 0 Å². The van der Waals surface area contributed by atoms with Crippen LogP contribution in [0.3, 0.4) is 0 Å². The molecule has 0 aliphatic carbocycles. The Hall–Kier alpha value is -2.94. The van der Waals surface area contributed by atoms with Gasteiger partial charge in [0.15, 0.2) is 16.6 Å². The molecule has 1 N–H and O–H groups in total. The Morgan fingerprint density at radius 2 is 2.11 bits per heavy atom. The highest BCUT2D eigenvalue weighted by atomic mass is 32.2. The van der Waals surface area contributed by atoms with Crippen LogP contribution in [0.2, 0.25) is 0 Å². The fourth-order valence-corrected chi connectivity index (χ4v) is 3.76. The van der Waals surface area contributed by atoms with E-state index in [1.165, 1.54) is 11.8 Å². The molecule has 0 saturated heterocycles. The Morgan fingerprint density at radius 3 is 2.85 bits per heavy atom. The van der Waals surface area contributed by atoms with Gasteiger partial charge in [-0.05, 0) is 32.4 Å². The number of carbonyl (C=O) groups excluding carboxylic acids is 1. The summed E-state index contributed by atoms with van der Waals surface area (Å²) < 4.78 is 6.71. The van der Waals surface area contributed by atoms with Crippen LogP contribution in [0.4, 0.5) is 5.82 Å². The van der Waals surface area contributed by atoms with Crippen LogP contribution in [-0.4, -0.2) is 35.9 Å². The molecule has 1 aromatic carbocycles. The molecule has 4 rings (SSSR count). The van der Waals surface area contributed by atoms with Crippen molar-refractivity contribution in [2.45, 2.75) is 37.6 Å². The minimum absolute atomic E-state index is 0.157. The standard InChI is InChI=1S/C18H18N6O2S/c1-4-14(17(25)21-15-9-10(2)26-23-15)27-18-20-13-8-6-5-7-12(13)16-19-11(3)22-24(16)18/h5-9,14H,4H2,1-3H3,(H,21,23,25). The molecule has 0 radical (unpaired) electrons. The molecule has 0 bridgehead atoms. The molecule has 1 unspecified atom stereocenters. The van der Waals surface area contributed by atoms with Crippen LogP contribution < -0.4 is 5.32 Å². The van der Waals surface area contributed by atoms with Crippen LogP contribution in [0.25, 0.3) is 16.6 Å². The van der Waals surface area contributed by atoms with Crippen LogP contribution in [0, 0.1) is 13.8 Å². The third kappa shape index (κ3) is 3.37. The number of carbonyl (C=O) groups is 1. The number of benzene rings is 1. The zero-order valence-electron chi connectivity index (χ0n) is 15.1. The largest absolute Gasteiger partial charge is 0.360 e. The number of anilines is 1. The number of aromatic nitrogens is 5. The van der Waals surface area contributed by atoms with Gasteiger partial charge in [-0.15, -0.1) is 5.10 Å². The summed E-state index contributed by atoms with van der Waals surface area (Å²) in [6.45, 7) is 5.57. The van der Waals surface area contributed by atoms with Crippen molar-refractivity contribution in [1.82, 2.24) is 24.7 Å². The van der Waals surface area contributed by atoms with E-state index >= 15 is 0 Å². The van der Waals surface area contributed by atoms with Gasteiger partial charge in [0.1, 0.15) is 11.6 Å². The van der Waals surface area contributed by atoms with Crippen molar-refractivity contribution >= 4 is 40.0 Å². The highest BCUT2D eigenvalue weighted by Crippen LogP contribution is 2.28. The van der Waals surface area contributed by atoms with Crippen molar-refractivity contribution in [2.24, 2.45) is 0 Å². The number of hydrogen-bond acceptors (Lipinski definition) is 7. The monoisotopic (exact) mass is 382 g/mol. The summed E-state index contributed by atoms with van der Waals surface area (Å²) in [5, 5.41) is 12.3. The highest BCUT2D eigenvalue weighted by Gasteiger charge is 2.23. The lowest BCUT2D eigenvalue weighted by Gasteiger charge is -2.14. The van der Waals surface area contributed by atoms with E-state index in [9.17, 15) is 4.79 Å². The Balaban J connectivity index is 1.68. The van der Waals surface area contributed by atoms with Crippen molar-refractivity contribution in [3.05, 3.63) is 41.9 Å². The zero-order valence-corrected chi connectivity index (χ0v) is 15.9. The highest BCUT2D eigenvalue weighted by molar-refractivity contribution is 8.00. The van der Waals surface area contributed by atoms with Crippen molar-refractivity contribution < 1.29 is 9.32 Å². The normalized spacial score (nSPS) is 12.6. The molecule has 3 heterocycles. The van der Waals surface area contributed by atoms with Crippen LogP contribution in [0.15, 0.2) is 40.0 Å². The first-order chi connectivity index (χ1) is 13.0. The molecule has 0 aliphatic heterocycles. The Kier molecular flexibility index (Phi) is 4.53. The van der Waals surface area contributed by atoms with E-state index in [1.54, 1.807) is 17.5 Å². The molecule has 0 spiro atoms. The van der Waals surface area contributed by atoms with E-state index in [2.05, 4.69) is 20.6 Å². The van der Waals surface area contributed by atoms with Gasteiger partial charge in [0.2, 0.25) is 5.91 Å². The molecule has 9 heteroatoms. The number of para-hydroxylation sites is 1. The minimum Gasteiger partial charge on any atom is -0.360 e. The molecule has 4 aromatic rings. The lowest BCUT2D eigenvalue weighted by molar-refractivity contribution is -0.115. The molecule has 8 nitrogen and oxygen atoms in total. The first-order valence-corrected chi connectivity index (χ1v) is 9.46. The molecule has 138 valence electrons. The fraction of sp³-hybridized carbons (Fsp3) is 0.278. The summed E-state index contributed by atoms with van der Waals surface area (Å²) in [4.78, 5) is 21.9. The molecule has 27 heavy (non-hydrogen) atoms. The number of nitrogens with one attached hydrogen (secondary N) is 1. The summed E-state index contributed by atoms with van der Waals surface area (Å²) in [5.41, 5.74) is 1.56. The smallest absolute Gasteiger partial charge is 0.239 e. The van der Waals surface area contributed by atoms with Gasteiger partial charge in [0.25, 0.3) is 0 Å². The number of hydrogen-bond donors (Lipinski definition) is 1. The number of aryl methyl sites for hydroxylation is 2. The van der Waals surface area contributed by atoms with Crippen molar-refractivity contribution in [3.63, 3.8) is 0 Å². The quantitative estimate of drug-likeness (QED) is 0.417. The first kappa shape index (κ1) is 17.5. The van der Waals surface area contributed by atoms with E-state index in [1.807, 2.05) is 38.1 Å². The molecule has 0 fully saturated rings. The van der Waals surface area contributed by atoms with E-state index in [0.717, 1.165) is 16.6 Å². The second kappa shape index (κ2) is 6.99. The summed E-state index contributed by atoms with van der Waals surface area (Å²) in [6, 6.07) is 9.46. The van der Waals surface area contributed by atoms with Gasteiger partial charge in [-0.25, -0.2) is 9.97 Å². The number of amides is 1. The molecule has 3 aromatic heterocycles. The maximum absolute atomic E-state index is 12.7. The zero-order chi connectivity index (χ0) is 19.0. The Morgan fingerprint density at radius 1 is 1.30 bits per heavy atom. The lowest BCUT2D eigenvalue weighted by atomic mass is 10.2. The van der Waals surface area contributed by atoms with Gasteiger partial charge in [-0.3, -0.25) is 4.79 Å². The van der Waals surface area contributed by atoms with Crippen LogP contribution >= 0.6 is 11.8 Å². The van der Waals surface area contributed by atoms with Crippen LogP contribution in [0.5, 0.6) is 0 Å². The average molecular weight is 382 g/mol. The number of nitrogens with zero attached hydrogens (tertiary/aromatic N) is 5. The summed E-state index contributed by atoms with van der Waals surface area (Å²) in [5.74, 6) is 1.55. The van der Waals surface area contributed by atoms with Gasteiger partial charge in [-0.1, -0.05) is 36.0 Å². The molecular formula is C18H18N6O2S. The van der Waals surface area contributed by atoms with E-state index in [-0.39, 0.29) is 11.2 Å². The van der Waals surface area contributed by atoms with Crippen LogP contribution in [-0.2, 0) is 4.79 Å². The van der Waals surface area contributed by atoms with Gasteiger partial charge < -0.3 is 9.84 Å². The Bertz CT molecular complexity index is 1140. The van der Waals surface area contributed by atoms with Crippen molar-refractivity contribution in [3.8, 4) is 0 Å². The van der Waals surface area contributed by atoms with Crippen LogP contribution in [0.1, 0.15) is 24.9 Å². The minimum atomic E-state index is -0.358. The number of fused-ring (bicyclic) bond motifs is 3. The van der Waals surface area contributed by atoms with Gasteiger partial charge in [-0.2, -0.15) is 4.52 Å².